The van der Waals surface area contributed by atoms with Crippen LogP contribution in [0.3, 0.4) is 0 Å². The molecule has 0 aromatic heterocycles. The molecule has 2 aromatic carbocycles. The maximum atomic E-state index is 12.5. The van der Waals surface area contributed by atoms with Gasteiger partial charge in [0, 0.05) is 26.1 Å². The van der Waals surface area contributed by atoms with Gasteiger partial charge in [-0.3, -0.25) is 9.59 Å². The highest BCUT2D eigenvalue weighted by Gasteiger charge is 2.35. The van der Waals surface area contributed by atoms with E-state index in [0.29, 0.717) is 38.6 Å². The Morgan fingerprint density at radius 1 is 0.929 bits per heavy atom. The molecule has 4 rings (SSSR count). The van der Waals surface area contributed by atoms with Crippen LogP contribution in [0.4, 0.5) is 0 Å². The second kappa shape index (κ2) is 8.57. The number of hydrogen-bond acceptors (Lipinski definition) is 3. The summed E-state index contributed by atoms with van der Waals surface area (Å²) in [5.41, 5.74) is 2.38. The lowest BCUT2D eigenvalue weighted by atomic mass is 9.99. The lowest BCUT2D eigenvalue weighted by Gasteiger charge is -2.39. The highest BCUT2D eigenvalue weighted by atomic mass is 16.5. The maximum Gasteiger partial charge on any atom is 0.242 e. The van der Waals surface area contributed by atoms with Gasteiger partial charge in [-0.15, -0.1) is 0 Å². The van der Waals surface area contributed by atoms with Gasteiger partial charge in [-0.05, 0) is 23.5 Å². The van der Waals surface area contributed by atoms with E-state index < -0.39 is 0 Å². The zero-order valence-corrected chi connectivity index (χ0v) is 16.0. The number of ether oxygens (including phenoxy) is 1. The summed E-state index contributed by atoms with van der Waals surface area (Å²) in [5.74, 6) is 0.404. The second-order valence-electron chi connectivity index (χ2n) is 7.75. The zero-order chi connectivity index (χ0) is 19.3. The number of carbonyl (C=O) groups excluding carboxylic acids is 2. The Balaban J connectivity index is 1.19. The predicted octanol–water partition coefficient (Wildman–Crippen LogP) is 2.51. The van der Waals surface area contributed by atoms with Gasteiger partial charge >= 0.3 is 0 Å². The van der Waals surface area contributed by atoms with Gasteiger partial charge < -0.3 is 14.5 Å². The molecule has 0 bridgehead atoms. The summed E-state index contributed by atoms with van der Waals surface area (Å²) >= 11 is 0. The molecule has 5 nitrogen and oxygen atoms in total. The van der Waals surface area contributed by atoms with Crippen LogP contribution in [0.25, 0.3) is 0 Å². The second-order valence-corrected chi connectivity index (χ2v) is 7.75. The van der Waals surface area contributed by atoms with Crippen LogP contribution < -0.4 is 0 Å². The summed E-state index contributed by atoms with van der Waals surface area (Å²) in [7, 11) is 0. The van der Waals surface area contributed by atoms with Gasteiger partial charge in [0.2, 0.25) is 11.8 Å². The molecule has 0 radical (unpaired) electrons. The summed E-state index contributed by atoms with van der Waals surface area (Å²) in [6.45, 7) is 2.65. The maximum absolute atomic E-state index is 12.5. The molecule has 1 atom stereocenters. The number of benzene rings is 2. The van der Waals surface area contributed by atoms with Gasteiger partial charge in [0.25, 0.3) is 0 Å². The van der Waals surface area contributed by atoms with Crippen LogP contribution in [-0.4, -0.2) is 53.9 Å². The van der Waals surface area contributed by atoms with E-state index in [2.05, 4.69) is 12.1 Å². The van der Waals surface area contributed by atoms with Gasteiger partial charge in [0.15, 0.2) is 0 Å². The number of amides is 2. The quantitative estimate of drug-likeness (QED) is 0.744. The molecule has 0 aliphatic carbocycles. The third kappa shape index (κ3) is 4.60. The largest absolute Gasteiger partial charge is 0.370 e. The van der Waals surface area contributed by atoms with Crippen molar-refractivity contribution < 1.29 is 14.3 Å². The number of nitrogens with zero attached hydrogens (tertiary/aromatic N) is 2. The van der Waals surface area contributed by atoms with Crippen molar-refractivity contribution in [3.05, 3.63) is 71.8 Å². The van der Waals surface area contributed by atoms with Gasteiger partial charge in [-0.1, -0.05) is 60.7 Å². The van der Waals surface area contributed by atoms with E-state index in [0.717, 1.165) is 12.0 Å². The molecule has 2 amide bonds. The van der Waals surface area contributed by atoms with E-state index in [4.69, 9.17) is 4.74 Å². The van der Waals surface area contributed by atoms with Gasteiger partial charge in [0.1, 0.15) is 0 Å². The molecule has 2 aliphatic rings. The van der Waals surface area contributed by atoms with Crippen molar-refractivity contribution in [2.45, 2.75) is 25.6 Å². The van der Waals surface area contributed by atoms with Crippen molar-refractivity contribution in [2.24, 2.45) is 5.92 Å². The summed E-state index contributed by atoms with van der Waals surface area (Å²) in [6.07, 6.45) is 1.51. The number of carbonyl (C=O) groups is 2. The molecular weight excluding hydrogens is 352 g/mol. The molecule has 0 unspecified atom stereocenters. The Hall–Kier alpha value is -2.66. The van der Waals surface area contributed by atoms with Crippen LogP contribution >= 0.6 is 0 Å². The van der Waals surface area contributed by atoms with Crippen molar-refractivity contribution in [1.29, 1.82) is 0 Å². The summed E-state index contributed by atoms with van der Waals surface area (Å²) in [5, 5.41) is 0. The zero-order valence-electron chi connectivity index (χ0n) is 16.0. The van der Waals surface area contributed by atoms with E-state index in [9.17, 15) is 9.59 Å². The Bertz CT molecular complexity index is 803. The summed E-state index contributed by atoms with van der Waals surface area (Å²) in [4.78, 5) is 28.3. The molecule has 0 N–H and O–H groups in total. The molecule has 0 saturated carbocycles. The number of hydrogen-bond donors (Lipinski definition) is 0. The molecule has 2 aromatic rings. The van der Waals surface area contributed by atoms with Crippen LogP contribution in [0.5, 0.6) is 0 Å². The van der Waals surface area contributed by atoms with E-state index in [1.54, 1.807) is 9.80 Å². The van der Waals surface area contributed by atoms with E-state index >= 15 is 0 Å². The first-order valence-corrected chi connectivity index (χ1v) is 9.92. The molecule has 0 spiro atoms. The van der Waals surface area contributed by atoms with Crippen LogP contribution in [0.15, 0.2) is 60.7 Å². The van der Waals surface area contributed by atoms with Crippen LogP contribution in [-0.2, 0) is 27.4 Å². The van der Waals surface area contributed by atoms with Gasteiger partial charge in [0.05, 0.1) is 19.3 Å². The molecule has 2 fully saturated rings. The fourth-order valence-corrected chi connectivity index (χ4v) is 3.89. The first kappa shape index (κ1) is 18.7. The monoisotopic (exact) mass is 378 g/mol. The Kier molecular flexibility index (Phi) is 5.72. The first-order valence-electron chi connectivity index (χ1n) is 9.92. The van der Waals surface area contributed by atoms with Crippen molar-refractivity contribution in [2.75, 3.05) is 26.2 Å². The fraction of sp³-hybridized carbons (Fsp3) is 0.391. The van der Waals surface area contributed by atoms with Crippen molar-refractivity contribution in [1.82, 2.24) is 9.80 Å². The van der Waals surface area contributed by atoms with Gasteiger partial charge in [-0.2, -0.15) is 0 Å². The molecular formula is C23H26N2O3. The molecule has 2 aliphatic heterocycles. The van der Waals surface area contributed by atoms with Crippen LogP contribution in [0, 0.1) is 5.92 Å². The normalized spacial score (nSPS) is 19.7. The Morgan fingerprint density at radius 2 is 1.57 bits per heavy atom. The Morgan fingerprint density at radius 3 is 2.25 bits per heavy atom. The minimum atomic E-state index is 0.0215. The van der Waals surface area contributed by atoms with Crippen LogP contribution in [0.1, 0.15) is 17.5 Å². The minimum absolute atomic E-state index is 0.0215. The van der Waals surface area contributed by atoms with Crippen molar-refractivity contribution in [3.8, 4) is 0 Å². The first-order chi connectivity index (χ1) is 13.7. The minimum Gasteiger partial charge on any atom is -0.370 e. The smallest absolute Gasteiger partial charge is 0.242 e. The standard InChI is InChI=1S/C23H26N2O3/c26-22-12-20(11-18-7-3-1-4-8-18)13-24(22)16-23(27)25-14-21(15-25)28-17-19-9-5-2-6-10-19/h1-10,20-21H,11-17H2/t20-/m0/s1. The predicted molar refractivity (Wildman–Crippen MR) is 106 cm³/mol. The average molecular weight is 378 g/mol. The Labute approximate surface area is 165 Å². The molecule has 2 heterocycles. The van der Waals surface area contributed by atoms with Gasteiger partial charge in [-0.25, -0.2) is 0 Å². The molecule has 146 valence electrons. The number of rotatable bonds is 7. The van der Waals surface area contributed by atoms with Crippen molar-refractivity contribution in [3.63, 3.8) is 0 Å². The van der Waals surface area contributed by atoms with E-state index in [1.165, 1.54) is 5.56 Å². The fourth-order valence-electron chi connectivity index (χ4n) is 3.89. The van der Waals surface area contributed by atoms with Crippen molar-refractivity contribution >= 4 is 11.8 Å². The lowest BCUT2D eigenvalue weighted by molar-refractivity contribution is -0.149. The third-order valence-corrected chi connectivity index (χ3v) is 5.52. The molecule has 2 saturated heterocycles. The highest BCUT2D eigenvalue weighted by Crippen LogP contribution is 2.23. The average Bonchev–Trinajstić information content (AvgIpc) is 3.01. The summed E-state index contributed by atoms with van der Waals surface area (Å²) in [6, 6.07) is 20.3. The van der Waals surface area contributed by atoms with E-state index in [-0.39, 0.29) is 24.5 Å². The highest BCUT2D eigenvalue weighted by molar-refractivity contribution is 5.86. The topological polar surface area (TPSA) is 49.9 Å². The molecule has 28 heavy (non-hydrogen) atoms. The number of likely N-dealkylation sites (tertiary alicyclic amines) is 2. The molecule has 5 heteroatoms. The third-order valence-electron chi connectivity index (χ3n) is 5.52. The van der Waals surface area contributed by atoms with E-state index in [1.807, 2.05) is 48.5 Å². The SMILES string of the molecule is O=C(CN1C[C@@H](Cc2ccccc2)CC1=O)N1CC(OCc2ccccc2)C1. The summed E-state index contributed by atoms with van der Waals surface area (Å²) < 4.78 is 5.84. The van der Waals surface area contributed by atoms with Crippen LogP contribution in [0.2, 0.25) is 0 Å². The lowest BCUT2D eigenvalue weighted by Crippen LogP contribution is -2.57.